The number of benzene rings is 1. The van der Waals surface area contributed by atoms with E-state index in [1.54, 1.807) is 12.5 Å². The fourth-order valence-electron chi connectivity index (χ4n) is 1.65. The monoisotopic (exact) mass is 229 g/mol. The molecule has 0 spiro atoms. The third-order valence-corrected chi connectivity index (χ3v) is 2.55. The summed E-state index contributed by atoms with van der Waals surface area (Å²) >= 11 is 0. The van der Waals surface area contributed by atoms with Crippen molar-refractivity contribution in [3.8, 4) is 11.3 Å². The quantitative estimate of drug-likeness (QED) is 0.839. The fraction of sp³-hybridized carbons (Fsp3) is 0.231. The van der Waals surface area contributed by atoms with Gasteiger partial charge in [0.25, 0.3) is 0 Å². The van der Waals surface area contributed by atoms with Gasteiger partial charge in [-0.05, 0) is 17.5 Å². The van der Waals surface area contributed by atoms with E-state index in [4.69, 9.17) is 0 Å². The summed E-state index contributed by atoms with van der Waals surface area (Å²) in [5.74, 6) is 0.0130. The lowest BCUT2D eigenvalue weighted by Crippen LogP contribution is -2.22. The van der Waals surface area contributed by atoms with Gasteiger partial charge in [0.15, 0.2) is 0 Å². The van der Waals surface area contributed by atoms with Gasteiger partial charge in [-0.1, -0.05) is 24.3 Å². The molecule has 2 rings (SSSR count). The molecule has 2 N–H and O–H groups in total. The van der Waals surface area contributed by atoms with Gasteiger partial charge >= 0.3 is 0 Å². The summed E-state index contributed by atoms with van der Waals surface area (Å²) in [7, 11) is 0. The number of H-pyrrole nitrogens is 1. The van der Waals surface area contributed by atoms with E-state index in [0.717, 1.165) is 17.7 Å². The van der Waals surface area contributed by atoms with Crippen molar-refractivity contribution >= 4 is 5.91 Å². The molecular weight excluding hydrogens is 214 g/mol. The minimum absolute atomic E-state index is 0.0130. The van der Waals surface area contributed by atoms with Crippen LogP contribution in [0.1, 0.15) is 12.5 Å². The van der Waals surface area contributed by atoms with Crippen molar-refractivity contribution in [3.63, 3.8) is 0 Å². The lowest BCUT2D eigenvalue weighted by molar-refractivity contribution is -0.118. The molecule has 0 saturated heterocycles. The Balaban J connectivity index is 1.96. The second-order valence-electron chi connectivity index (χ2n) is 3.90. The zero-order chi connectivity index (χ0) is 12.1. The van der Waals surface area contributed by atoms with Crippen molar-refractivity contribution in [1.82, 2.24) is 15.3 Å². The Hall–Kier alpha value is -2.10. The molecule has 1 heterocycles. The van der Waals surface area contributed by atoms with Gasteiger partial charge < -0.3 is 10.3 Å². The highest BCUT2D eigenvalue weighted by atomic mass is 16.1. The minimum Gasteiger partial charge on any atom is -0.356 e. The maximum Gasteiger partial charge on any atom is 0.216 e. The number of aromatic nitrogens is 2. The number of rotatable bonds is 4. The molecule has 0 aliphatic rings. The van der Waals surface area contributed by atoms with E-state index in [0.29, 0.717) is 6.54 Å². The molecule has 1 aromatic carbocycles. The van der Waals surface area contributed by atoms with Crippen LogP contribution in [0.5, 0.6) is 0 Å². The topological polar surface area (TPSA) is 57.8 Å². The van der Waals surface area contributed by atoms with Crippen LogP contribution in [-0.2, 0) is 11.2 Å². The molecule has 0 aliphatic carbocycles. The Morgan fingerprint density at radius 3 is 2.71 bits per heavy atom. The molecule has 17 heavy (non-hydrogen) atoms. The van der Waals surface area contributed by atoms with Crippen molar-refractivity contribution in [2.75, 3.05) is 6.54 Å². The van der Waals surface area contributed by atoms with Crippen LogP contribution in [0.25, 0.3) is 11.3 Å². The molecule has 0 saturated carbocycles. The number of amides is 1. The van der Waals surface area contributed by atoms with Gasteiger partial charge in [0.1, 0.15) is 0 Å². The molecule has 4 nitrogen and oxygen atoms in total. The second-order valence-corrected chi connectivity index (χ2v) is 3.90. The predicted octanol–water partition coefficient (Wildman–Crippen LogP) is 1.76. The first kappa shape index (κ1) is 11.4. The number of carbonyl (C=O) groups excluding carboxylic acids is 1. The highest BCUT2D eigenvalue weighted by molar-refractivity contribution is 5.72. The Kier molecular flexibility index (Phi) is 3.55. The number of carbonyl (C=O) groups is 1. The minimum atomic E-state index is 0.0130. The van der Waals surface area contributed by atoms with Gasteiger partial charge in [0.2, 0.25) is 5.91 Å². The van der Waals surface area contributed by atoms with Gasteiger partial charge in [0, 0.05) is 13.5 Å². The lowest BCUT2D eigenvalue weighted by Gasteiger charge is -2.03. The smallest absolute Gasteiger partial charge is 0.216 e. The normalized spacial score (nSPS) is 10.2. The number of hydrogen-bond donors (Lipinski definition) is 2. The van der Waals surface area contributed by atoms with Crippen LogP contribution in [0, 0.1) is 0 Å². The molecule has 1 amide bonds. The predicted molar refractivity (Wildman–Crippen MR) is 66.4 cm³/mol. The maximum absolute atomic E-state index is 10.7. The first-order valence-electron chi connectivity index (χ1n) is 5.58. The SMILES string of the molecule is CC(=O)NCCc1ccc(-c2cnc[nH]2)cc1. The zero-order valence-corrected chi connectivity index (χ0v) is 9.73. The van der Waals surface area contributed by atoms with Crippen molar-refractivity contribution in [2.45, 2.75) is 13.3 Å². The molecule has 88 valence electrons. The summed E-state index contributed by atoms with van der Waals surface area (Å²) in [6.07, 6.45) is 4.31. The third kappa shape index (κ3) is 3.17. The first-order valence-corrected chi connectivity index (χ1v) is 5.58. The van der Waals surface area contributed by atoms with Crippen molar-refractivity contribution in [2.24, 2.45) is 0 Å². The van der Waals surface area contributed by atoms with Gasteiger partial charge in [-0.15, -0.1) is 0 Å². The van der Waals surface area contributed by atoms with Crippen LogP contribution in [0.15, 0.2) is 36.8 Å². The summed E-state index contributed by atoms with van der Waals surface area (Å²) in [5, 5.41) is 2.78. The Labute approximate surface area is 100 Å². The molecule has 0 bridgehead atoms. The van der Waals surface area contributed by atoms with Crippen LogP contribution in [-0.4, -0.2) is 22.4 Å². The third-order valence-electron chi connectivity index (χ3n) is 2.55. The van der Waals surface area contributed by atoms with E-state index in [-0.39, 0.29) is 5.91 Å². The summed E-state index contributed by atoms with van der Waals surface area (Å²) in [6, 6.07) is 8.24. The van der Waals surface area contributed by atoms with Crippen molar-refractivity contribution < 1.29 is 4.79 Å². The molecule has 0 aliphatic heterocycles. The second kappa shape index (κ2) is 5.30. The van der Waals surface area contributed by atoms with Crippen molar-refractivity contribution in [3.05, 3.63) is 42.4 Å². The van der Waals surface area contributed by atoms with E-state index in [1.807, 2.05) is 0 Å². The molecular formula is C13H15N3O. The molecule has 0 fully saturated rings. The molecule has 2 aromatic rings. The van der Waals surface area contributed by atoms with Crippen LogP contribution >= 0.6 is 0 Å². The van der Waals surface area contributed by atoms with Crippen LogP contribution in [0.2, 0.25) is 0 Å². The van der Waals surface area contributed by atoms with E-state index in [2.05, 4.69) is 39.6 Å². The van der Waals surface area contributed by atoms with Gasteiger partial charge in [0.05, 0.1) is 18.2 Å². The number of aromatic amines is 1. The molecule has 1 aromatic heterocycles. The van der Waals surface area contributed by atoms with E-state index in [9.17, 15) is 4.79 Å². The first-order chi connectivity index (χ1) is 8.25. The standard InChI is InChI=1S/C13H15N3O/c1-10(17)15-7-6-11-2-4-12(5-3-11)13-8-14-9-16-13/h2-5,8-9H,6-7H2,1H3,(H,14,16)(H,15,17). The summed E-state index contributed by atoms with van der Waals surface area (Å²) in [4.78, 5) is 17.8. The molecule has 0 atom stereocenters. The average Bonchev–Trinajstić information content (AvgIpc) is 2.83. The number of nitrogens with one attached hydrogen (secondary N) is 2. The number of imidazole rings is 1. The highest BCUT2D eigenvalue weighted by Crippen LogP contribution is 2.16. The van der Waals surface area contributed by atoms with Crippen molar-refractivity contribution in [1.29, 1.82) is 0 Å². The van der Waals surface area contributed by atoms with Gasteiger partial charge in [-0.2, -0.15) is 0 Å². The van der Waals surface area contributed by atoms with Gasteiger partial charge in [-0.25, -0.2) is 4.98 Å². The van der Waals surface area contributed by atoms with E-state index < -0.39 is 0 Å². The number of hydrogen-bond acceptors (Lipinski definition) is 2. The van der Waals surface area contributed by atoms with E-state index >= 15 is 0 Å². The van der Waals surface area contributed by atoms with Crippen LogP contribution < -0.4 is 5.32 Å². The fourth-order valence-corrected chi connectivity index (χ4v) is 1.65. The summed E-state index contributed by atoms with van der Waals surface area (Å²) < 4.78 is 0. The Bertz CT molecular complexity index is 474. The molecule has 4 heteroatoms. The summed E-state index contributed by atoms with van der Waals surface area (Å²) in [6.45, 7) is 2.21. The number of nitrogens with zero attached hydrogens (tertiary/aromatic N) is 1. The Morgan fingerprint density at radius 2 is 2.12 bits per heavy atom. The summed E-state index contributed by atoms with van der Waals surface area (Å²) in [5.41, 5.74) is 3.34. The van der Waals surface area contributed by atoms with Crippen LogP contribution in [0.3, 0.4) is 0 Å². The molecule has 0 radical (unpaired) electrons. The van der Waals surface area contributed by atoms with E-state index in [1.165, 1.54) is 12.5 Å². The molecule has 0 unspecified atom stereocenters. The van der Waals surface area contributed by atoms with Crippen LogP contribution in [0.4, 0.5) is 0 Å². The maximum atomic E-state index is 10.7. The van der Waals surface area contributed by atoms with Gasteiger partial charge in [-0.3, -0.25) is 4.79 Å². The lowest BCUT2D eigenvalue weighted by atomic mass is 10.1. The largest absolute Gasteiger partial charge is 0.356 e. The zero-order valence-electron chi connectivity index (χ0n) is 9.73. The highest BCUT2D eigenvalue weighted by Gasteiger charge is 1.99. The average molecular weight is 229 g/mol. The Morgan fingerprint density at radius 1 is 1.35 bits per heavy atom.